The van der Waals surface area contributed by atoms with E-state index in [1.807, 2.05) is 0 Å². The van der Waals surface area contributed by atoms with Gasteiger partial charge in [-0.1, -0.05) is 5.16 Å². The van der Waals surface area contributed by atoms with E-state index in [2.05, 4.69) is 10.1 Å². The third kappa shape index (κ3) is 0.795. The lowest BCUT2D eigenvalue weighted by molar-refractivity contribution is 0.418. The number of pyridine rings is 1. The third-order valence-electron chi connectivity index (χ3n) is 1.58. The summed E-state index contributed by atoms with van der Waals surface area (Å²) in [6.07, 6.45) is 1.58. The van der Waals surface area contributed by atoms with Crippen LogP contribution in [0.2, 0.25) is 0 Å². The highest BCUT2D eigenvalue weighted by molar-refractivity contribution is 5.90. The highest BCUT2D eigenvalue weighted by Gasteiger charge is 2.10. The standard InChI is InChI=1S/C7H7N3O2/c1-11-4-2-3-9-7-5(4)6(8)10-12-7/h2-3H,1H3,(H2,8,10). The molecule has 0 saturated heterocycles. The van der Waals surface area contributed by atoms with Gasteiger partial charge in [-0.2, -0.15) is 0 Å². The Kier molecular flexibility index (Phi) is 1.36. The van der Waals surface area contributed by atoms with Crippen molar-refractivity contribution in [1.82, 2.24) is 10.1 Å². The largest absolute Gasteiger partial charge is 0.496 e. The van der Waals surface area contributed by atoms with Gasteiger partial charge in [-0.3, -0.25) is 0 Å². The molecular weight excluding hydrogens is 158 g/mol. The van der Waals surface area contributed by atoms with Crippen LogP contribution in [0.15, 0.2) is 16.8 Å². The first kappa shape index (κ1) is 6.90. The van der Waals surface area contributed by atoms with E-state index < -0.39 is 0 Å². The summed E-state index contributed by atoms with van der Waals surface area (Å²) < 4.78 is 9.87. The number of hydrogen-bond donors (Lipinski definition) is 1. The minimum Gasteiger partial charge on any atom is -0.496 e. The lowest BCUT2D eigenvalue weighted by atomic mass is 10.3. The van der Waals surface area contributed by atoms with Crippen molar-refractivity contribution < 1.29 is 9.26 Å². The lowest BCUT2D eigenvalue weighted by Gasteiger charge is -1.97. The molecule has 2 aromatic rings. The zero-order chi connectivity index (χ0) is 8.55. The van der Waals surface area contributed by atoms with Crippen molar-refractivity contribution in [1.29, 1.82) is 0 Å². The second-order valence-corrected chi connectivity index (χ2v) is 2.26. The number of nitrogens with zero attached hydrogens (tertiary/aromatic N) is 2. The number of aromatic nitrogens is 2. The van der Waals surface area contributed by atoms with Crippen LogP contribution in [0.5, 0.6) is 5.75 Å². The average Bonchev–Trinajstić information content (AvgIpc) is 2.48. The van der Waals surface area contributed by atoms with Crippen LogP contribution in [-0.2, 0) is 0 Å². The van der Waals surface area contributed by atoms with Gasteiger partial charge in [0.15, 0.2) is 5.82 Å². The lowest BCUT2D eigenvalue weighted by Crippen LogP contribution is -1.88. The van der Waals surface area contributed by atoms with E-state index in [-0.39, 0.29) is 0 Å². The number of nitrogens with two attached hydrogens (primary N) is 1. The maximum Gasteiger partial charge on any atom is 0.263 e. The minimum absolute atomic E-state index is 0.301. The highest BCUT2D eigenvalue weighted by atomic mass is 16.5. The smallest absolute Gasteiger partial charge is 0.263 e. The first-order chi connectivity index (χ1) is 5.83. The molecular formula is C7H7N3O2. The van der Waals surface area contributed by atoms with Crippen LogP contribution in [-0.4, -0.2) is 17.3 Å². The molecule has 0 saturated carbocycles. The Labute approximate surface area is 68.1 Å². The summed E-state index contributed by atoms with van der Waals surface area (Å²) >= 11 is 0. The quantitative estimate of drug-likeness (QED) is 0.676. The van der Waals surface area contributed by atoms with Gasteiger partial charge in [-0.05, 0) is 6.07 Å². The van der Waals surface area contributed by atoms with E-state index in [1.165, 1.54) is 0 Å². The molecule has 0 fully saturated rings. The molecule has 5 nitrogen and oxygen atoms in total. The van der Waals surface area contributed by atoms with Crippen LogP contribution < -0.4 is 10.5 Å². The second-order valence-electron chi connectivity index (χ2n) is 2.26. The number of methoxy groups -OCH3 is 1. The van der Waals surface area contributed by atoms with Crippen LogP contribution in [0.3, 0.4) is 0 Å². The molecule has 62 valence electrons. The summed E-state index contributed by atoms with van der Waals surface area (Å²) in [5.74, 6) is 0.925. The molecule has 0 atom stereocenters. The Morgan fingerprint density at radius 3 is 3.17 bits per heavy atom. The van der Waals surface area contributed by atoms with Crippen molar-refractivity contribution in [3.05, 3.63) is 12.3 Å². The molecule has 0 spiro atoms. The number of fused-ring (bicyclic) bond motifs is 1. The molecule has 0 aromatic carbocycles. The Balaban J connectivity index is 2.84. The van der Waals surface area contributed by atoms with Gasteiger partial charge in [-0.15, -0.1) is 0 Å². The predicted molar refractivity (Wildman–Crippen MR) is 42.8 cm³/mol. The topological polar surface area (TPSA) is 74.2 Å². The fraction of sp³-hybridized carbons (Fsp3) is 0.143. The van der Waals surface area contributed by atoms with Crippen LogP contribution in [0.4, 0.5) is 5.82 Å². The molecule has 2 rings (SSSR count). The molecule has 0 radical (unpaired) electrons. The normalized spacial score (nSPS) is 10.4. The molecule has 0 unspecified atom stereocenters. The highest BCUT2D eigenvalue weighted by Crippen LogP contribution is 2.27. The molecule has 5 heteroatoms. The zero-order valence-corrected chi connectivity index (χ0v) is 6.44. The molecule has 0 bridgehead atoms. The van der Waals surface area contributed by atoms with Gasteiger partial charge in [0.1, 0.15) is 11.1 Å². The van der Waals surface area contributed by atoms with Crippen LogP contribution in [0.25, 0.3) is 11.1 Å². The Bertz CT molecular complexity index is 410. The summed E-state index contributed by atoms with van der Waals surface area (Å²) in [5, 5.41) is 4.19. The first-order valence-corrected chi connectivity index (χ1v) is 3.37. The van der Waals surface area contributed by atoms with Gasteiger partial charge < -0.3 is 15.0 Å². The van der Waals surface area contributed by atoms with Gasteiger partial charge >= 0.3 is 0 Å². The van der Waals surface area contributed by atoms with E-state index in [0.29, 0.717) is 22.7 Å². The van der Waals surface area contributed by atoms with Crippen molar-refractivity contribution in [2.24, 2.45) is 0 Å². The number of rotatable bonds is 1. The van der Waals surface area contributed by atoms with Crippen molar-refractivity contribution in [2.75, 3.05) is 12.8 Å². The van der Waals surface area contributed by atoms with Crippen molar-refractivity contribution in [3.8, 4) is 5.75 Å². The number of anilines is 1. The van der Waals surface area contributed by atoms with Crippen molar-refractivity contribution in [3.63, 3.8) is 0 Å². The van der Waals surface area contributed by atoms with Crippen molar-refractivity contribution >= 4 is 16.9 Å². The number of hydrogen-bond acceptors (Lipinski definition) is 5. The summed E-state index contributed by atoms with van der Waals surface area (Å²) in [4.78, 5) is 3.92. The van der Waals surface area contributed by atoms with E-state index in [0.717, 1.165) is 0 Å². The third-order valence-corrected chi connectivity index (χ3v) is 1.58. The summed E-state index contributed by atoms with van der Waals surface area (Å²) in [6, 6.07) is 1.70. The minimum atomic E-state index is 0.301. The van der Waals surface area contributed by atoms with Gasteiger partial charge in [0.2, 0.25) is 0 Å². The Hall–Kier alpha value is -1.78. The molecule has 0 aliphatic heterocycles. The van der Waals surface area contributed by atoms with E-state index >= 15 is 0 Å². The maximum atomic E-state index is 5.53. The van der Waals surface area contributed by atoms with Crippen molar-refractivity contribution in [2.45, 2.75) is 0 Å². The van der Waals surface area contributed by atoms with Gasteiger partial charge in [0.25, 0.3) is 5.71 Å². The van der Waals surface area contributed by atoms with E-state index in [9.17, 15) is 0 Å². The van der Waals surface area contributed by atoms with Gasteiger partial charge in [-0.25, -0.2) is 4.98 Å². The average molecular weight is 165 g/mol. The molecule has 0 aliphatic carbocycles. The molecule has 2 heterocycles. The van der Waals surface area contributed by atoms with E-state index in [4.69, 9.17) is 15.0 Å². The van der Waals surface area contributed by atoms with Crippen LogP contribution in [0, 0.1) is 0 Å². The van der Waals surface area contributed by atoms with Gasteiger partial charge in [0, 0.05) is 6.20 Å². The molecule has 2 aromatic heterocycles. The SMILES string of the molecule is COc1ccnc2onc(N)c12. The fourth-order valence-corrected chi connectivity index (χ4v) is 1.04. The Morgan fingerprint density at radius 2 is 2.42 bits per heavy atom. The molecule has 12 heavy (non-hydrogen) atoms. The fourth-order valence-electron chi connectivity index (χ4n) is 1.04. The van der Waals surface area contributed by atoms with E-state index in [1.54, 1.807) is 19.4 Å². The summed E-state index contributed by atoms with van der Waals surface area (Å²) in [7, 11) is 1.56. The van der Waals surface area contributed by atoms with Crippen LogP contribution in [0.1, 0.15) is 0 Å². The molecule has 0 aliphatic rings. The maximum absolute atomic E-state index is 5.53. The zero-order valence-electron chi connectivity index (χ0n) is 6.44. The predicted octanol–water partition coefficient (Wildman–Crippen LogP) is 0.814. The number of ether oxygens (including phenoxy) is 1. The summed E-state index contributed by atoms with van der Waals surface area (Å²) in [5.41, 5.74) is 5.92. The first-order valence-electron chi connectivity index (χ1n) is 3.37. The molecule has 0 amide bonds. The summed E-state index contributed by atoms with van der Waals surface area (Å²) in [6.45, 7) is 0. The monoisotopic (exact) mass is 165 g/mol. The van der Waals surface area contributed by atoms with Gasteiger partial charge in [0.05, 0.1) is 7.11 Å². The van der Waals surface area contributed by atoms with Crippen LogP contribution >= 0.6 is 0 Å². The number of nitrogen functional groups attached to an aromatic ring is 1. The Morgan fingerprint density at radius 1 is 1.58 bits per heavy atom. The second kappa shape index (κ2) is 2.37. The molecule has 2 N–H and O–H groups in total.